The zero-order chi connectivity index (χ0) is 33.7. The van der Waals surface area contributed by atoms with Gasteiger partial charge in [-0.25, -0.2) is 9.97 Å². The van der Waals surface area contributed by atoms with Crippen molar-refractivity contribution in [3.63, 3.8) is 0 Å². The molecule has 10 aromatic rings. The second kappa shape index (κ2) is 11.9. The average Bonchev–Trinajstić information content (AvgIpc) is 3.75. The fourth-order valence-corrected chi connectivity index (χ4v) is 7.32. The smallest absolute Gasteiger partial charge is 0.234 e. The molecule has 7 aromatic carbocycles. The van der Waals surface area contributed by atoms with E-state index in [1.54, 1.807) is 0 Å². The summed E-state index contributed by atoms with van der Waals surface area (Å²) >= 11 is 0. The van der Waals surface area contributed by atoms with Crippen LogP contribution in [0.15, 0.2) is 187 Å². The van der Waals surface area contributed by atoms with E-state index in [-0.39, 0.29) is 0 Å². The normalized spacial score (nSPS) is 11.5. The number of aromatic nitrogens is 3. The molecule has 3 aromatic heterocycles. The van der Waals surface area contributed by atoms with E-state index < -0.39 is 0 Å². The lowest BCUT2D eigenvalue weighted by molar-refractivity contribution is 0.670. The third-order valence-corrected chi connectivity index (χ3v) is 9.71. The van der Waals surface area contributed by atoms with Crippen molar-refractivity contribution in [2.45, 2.75) is 0 Å². The summed E-state index contributed by atoms with van der Waals surface area (Å²) in [6, 6.07) is 59.2. The van der Waals surface area contributed by atoms with Gasteiger partial charge in [0.2, 0.25) is 5.95 Å². The Morgan fingerprint density at radius 3 is 1.88 bits per heavy atom. The van der Waals surface area contributed by atoms with Crippen molar-refractivity contribution in [3.05, 3.63) is 182 Å². The SMILES string of the molecule is c1ccc(-c2ccc(N(c3ccc4c(c3)c3ccccc3n4-c3ccccc3)c3ncc(-c4cccc5c4oc4ccccc45)cn3)cc2)cc1. The number of fused-ring (bicyclic) bond motifs is 6. The Kier molecular flexibility index (Phi) is 6.74. The third-order valence-electron chi connectivity index (χ3n) is 9.71. The van der Waals surface area contributed by atoms with Crippen LogP contribution in [-0.4, -0.2) is 14.5 Å². The van der Waals surface area contributed by atoms with Gasteiger partial charge in [0, 0.05) is 62.1 Å². The van der Waals surface area contributed by atoms with Crippen LogP contribution in [0.4, 0.5) is 17.3 Å². The van der Waals surface area contributed by atoms with Crippen LogP contribution in [0, 0.1) is 0 Å². The Hall–Kier alpha value is -6.98. The maximum absolute atomic E-state index is 6.34. The Bertz CT molecular complexity index is 2840. The van der Waals surface area contributed by atoms with Crippen LogP contribution in [0.5, 0.6) is 0 Å². The highest BCUT2D eigenvalue weighted by Gasteiger charge is 2.20. The van der Waals surface area contributed by atoms with Crippen molar-refractivity contribution in [2.75, 3.05) is 4.90 Å². The third kappa shape index (κ3) is 4.86. The molecule has 0 saturated heterocycles. The van der Waals surface area contributed by atoms with E-state index in [0.717, 1.165) is 72.1 Å². The Morgan fingerprint density at radius 2 is 1.08 bits per heavy atom. The first-order valence-corrected chi connectivity index (χ1v) is 17.1. The number of benzene rings is 7. The monoisotopic (exact) mass is 654 g/mol. The summed E-state index contributed by atoms with van der Waals surface area (Å²) in [5, 5.41) is 4.52. The molecule has 0 amide bonds. The predicted octanol–water partition coefficient (Wildman–Crippen LogP) is 12.3. The summed E-state index contributed by atoms with van der Waals surface area (Å²) in [5.41, 5.74) is 11.2. The van der Waals surface area contributed by atoms with Crippen LogP contribution >= 0.6 is 0 Å². The second-order valence-corrected chi connectivity index (χ2v) is 12.7. The number of hydrogen-bond donors (Lipinski definition) is 0. The highest BCUT2D eigenvalue weighted by Crippen LogP contribution is 2.40. The lowest BCUT2D eigenvalue weighted by atomic mass is 10.0. The molecular weight excluding hydrogens is 625 g/mol. The van der Waals surface area contributed by atoms with Gasteiger partial charge >= 0.3 is 0 Å². The first-order valence-electron chi connectivity index (χ1n) is 17.1. The number of rotatable bonds is 6. The van der Waals surface area contributed by atoms with Crippen LogP contribution in [0.2, 0.25) is 0 Å². The van der Waals surface area contributed by atoms with Gasteiger partial charge in [-0.1, -0.05) is 115 Å². The predicted molar refractivity (Wildman–Crippen MR) is 209 cm³/mol. The molecule has 3 heterocycles. The minimum atomic E-state index is 0.578. The van der Waals surface area contributed by atoms with E-state index in [2.05, 4.69) is 155 Å². The molecule has 10 rings (SSSR count). The molecule has 51 heavy (non-hydrogen) atoms. The minimum Gasteiger partial charge on any atom is -0.455 e. The quantitative estimate of drug-likeness (QED) is 0.179. The molecule has 5 nitrogen and oxygen atoms in total. The van der Waals surface area contributed by atoms with E-state index >= 15 is 0 Å². The summed E-state index contributed by atoms with van der Waals surface area (Å²) in [4.78, 5) is 12.2. The molecule has 0 aliphatic carbocycles. The van der Waals surface area contributed by atoms with E-state index in [0.29, 0.717) is 5.95 Å². The molecule has 0 saturated carbocycles. The Balaban J connectivity index is 1.12. The molecular formula is C46H30N4O. The maximum Gasteiger partial charge on any atom is 0.234 e. The van der Waals surface area contributed by atoms with Crippen molar-refractivity contribution < 1.29 is 4.42 Å². The molecule has 0 spiro atoms. The van der Waals surface area contributed by atoms with Gasteiger partial charge in [0.1, 0.15) is 11.2 Å². The molecule has 0 aliphatic rings. The topological polar surface area (TPSA) is 47.1 Å². The number of furan rings is 1. The van der Waals surface area contributed by atoms with Gasteiger partial charge in [-0.15, -0.1) is 0 Å². The van der Waals surface area contributed by atoms with Crippen molar-refractivity contribution in [1.82, 2.24) is 14.5 Å². The van der Waals surface area contributed by atoms with Crippen LogP contribution in [0.1, 0.15) is 0 Å². The molecule has 5 heteroatoms. The summed E-state index contributed by atoms with van der Waals surface area (Å²) in [6.07, 6.45) is 3.80. The van der Waals surface area contributed by atoms with Gasteiger partial charge in [-0.2, -0.15) is 0 Å². The number of hydrogen-bond acceptors (Lipinski definition) is 4. The highest BCUT2D eigenvalue weighted by molar-refractivity contribution is 6.11. The fourth-order valence-electron chi connectivity index (χ4n) is 7.32. The highest BCUT2D eigenvalue weighted by atomic mass is 16.3. The van der Waals surface area contributed by atoms with Crippen LogP contribution in [-0.2, 0) is 0 Å². The first kappa shape index (κ1) is 29.0. The van der Waals surface area contributed by atoms with E-state index in [9.17, 15) is 0 Å². The summed E-state index contributed by atoms with van der Waals surface area (Å²) in [7, 11) is 0. The van der Waals surface area contributed by atoms with Crippen LogP contribution in [0.25, 0.3) is 71.7 Å². The minimum absolute atomic E-state index is 0.578. The van der Waals surface area contributed by atoms with E-state index in [1.807, 2.05) is 36.7 Å². The first-order chi connectivity index (χ1) is 25.3. The lowest BCUT2D eigenvalue weighted by Crippen LogP contribution is -2.13. The van der Waals surface area contributed by atoms with Gasteiger partial charge in [0.15, 0.2) is 0 Å². The van der Waals surface area contributed by atoms with E-state index in [4.69, 9.17) is 14.4 Å². The van der Waals surface area contributed by atoms with E-state index in [1.165, 1.54) is 10.9 Å². The van der Waals surface area contributed by atoms with Gasteiger partial charge in [-0.05, 0) is 65.7 Å². The summed E-state index contributed by atoms with van der Waals surface area (Å²) in [5.74, 6) is 0.578. The van der Waals surface area contributed by atoms with Crippen molar-refractivity contribution >= 4 is 61.1 Å². The summed E-state index contributed by atoms with van der Waals surface area (Å²) < 4.78 is 8.67. The standard InChI is InChI=1S/C46H30N4O/c1-3-12-31(13-4-1)32-22-24-35(25-23-32)49(36-26-27-43-41(28-36)38-16-7-9-20-42(38)50(43)34-14-5-2-6-15-34)46-47-29-33(30-48-46)37-18-11-19-40-39-17-8-10-21-44(39)51-45(37)40/h1-30H. The molecule has 0 fully saturated rings. The molecule has 0 radical (unpaired) electrons. The largest absolute Gasteiger partial charge is 0.455 e. The van der Waals surface area contributed by atoms with Crippen molar-refractivity contribution in [1.29, 1.82) is 0 Å². The van der Waals surface area contributed by atoms with Crippen molar-refractivity contribution in [3.8, 4) is 27.9 Å². The van der Waals surface area contributed by atoms with Crippen molar-refractivity contribution in [2.24, 2.45) is 0 Å². The van der Waals surface area contributed by atoms with Crippen LogP contribution in [0.3, 0.4) is 0 Å². The van der Waals surface area contributed by atoms with Crippen LogP contribution < -0.4 is 4.90 Å². The maximum atomic E-state index is 6.34. The van der Waals surface area contributed by atoms with Gasteiger partial charge < -0.3 is 8.98 Å². The lowest BCUT2D eigenvalue weighted by Gasteiger charge is -2.24. The Labute approximate surface area is 294 Å². The molecule has 240 valence electrons. The average molecular weight is 655 g/mol. The Morgan fingerprint density at radius 1 is 0.451 bits per heavy atom. The number of nitrogens with zero attached hydrogens (tertiary/aromatic N) is 4. The molecule has 0 aliphatic heterocycles. The molecule has 0 N–H and O–H groups in total. The fraction of sp³-hybridized carbons (Fsp3) is 0. The molecule has 0 bridgehead atoms. The van der Waals surface area contributed by atoms with Gasteiger partial charge in [-0.3, -0.25) is 4.90 Å². The summed E-state index contributed by atoms with van der Waals surface area (Å²) in [6.45, 7) is 0. The van der Waals surface area contributed by atoms with Gasteiger partial charge in [0.05, 0.1) is 11.0 Å². The van der Waals surface area contributed by atoms with Gasteiger partial charge in [0.25, 0.3) is 0 Å². The number of anilines is 3. The number of para-hydroxylation sites is 4. The molecule has 0 atom stereocenters. The zero-order valence-corrected chi connectivity index (χ0v) is 27.5. The molecule has 0 unspecified atom stereocenters. The zero-order valence-electron chi connectivity index (χ0n) is 27.5. The second-order valence-electron chi connectivity index (χ2n) is 12.7.